The van der Waals surface area contributed by atoms with Gasteiger partial charge in [-0.2, -0.15) is 23.5 Å². The number of nitriles is 1. The van der Waals surface area contributed by atoms with Crippen molar-refractivity contribution in [2.24, 2.45) is 0 Å². The van der Waals surface area contributed by atoms with Gasteiger partial charge in [0.15, 0.2) is 5.69 Å². The van der Waals surface area contributed by atoms with Crippen LogP contribution in [0.5, 0.6) is 0 Å². The van der Waals surface area contributed by atoms with Crippen LogP contribution < -0.4 is 0 Å². The first kappa shape index (κ1) is 24.2. The number of fused-ring (bicyclic) bond motifs is 1. The summed E-state index contributed by atoms with van der Waals surface area (Å²) in [6, 6.07) is 9.88. The summed E-state index contributed by atoms with van der Waals surface area (Å²) in [5, 5.41) is 23.5. The number of alkyl halides is 3. The van der Waals surface area contributed by atoms with Gasteiger partial charge < -0.3 is 14.7 Å². The number of benzene rings is 1. The molecular weight excluding hydrogens is 443 g/mol. The molecule has 0 atom stereocenters. The Morgan fingerprint density at radius 2 is 1.94 bits per heavy atom. The third-order valence-corrected chi connectivity index (χ3v) is 5.22. The lowest BCUT2D eigenvalue weighted by atomic mass is 10.0. The summed E-state index contributed by atoms with van der Waals surface area (Å²) in [6.45, 7) is 4.81. The van der Waals surface area contributed by atoms with Crippen LogP contribution in [0.3, 0.4) is 0 Å². The maximum absolute atomic E-state index is 12.7. The SMILES string of the molecule is N#Cc1cccc(CN2CCc3c(C(=O)N4CCOCC4)n[nH]c3C2)c1.O=C(O)C(F)(F)F. The lowest BCUT2D eigenvalue weighted by Crippen LogP contribution is -2.41. The van der Waals surface area contributed by atoms with Crippen LogP contribution in [0.1, 0.15) is 32.9 Å². The van der Waals surface area contributed by atoms with Gasteiger partial charge in [0.2, 0.25) is 0 Å². The van der Waals surface area contributed by atoms with Crippen LogP contribution in [0.4, 0.5) is 13.2 Å². The van der Waals surface area contributed by atoms with E-state index in [0.717, 1.165) is 42.9 Å². The molecule has 2 aliphatic heterocycles. The van der Waals surface area contributed by atoms with Gasteiger partial charge in [0.25, 0.3) is 5.91 Å². The molecule has 0 saturated carbocycles. The molecule has 1 fully saturated rings. The number of ether oxygens (including phenoxy) is 1. The van der Waals surface area contributed by atoms with Gasteiger partial charge in [0.05, 0.1) is 30.5 Å². The Morgan fingerprint density at radius 1 is 1.24 bits per heavy atom. The van der Waals surface area contributed by atoms with E-state index in [2.05, 4.69) is 21.2 Å². The van der Waals surface area contributed by atoms with E-state index < -0.39 is 12.1 Å². The number of aromatic amines is 1. The van der Waals surface area contributed by atoms with Gasteiger partial charge in [-0.3, -0.25) is 14.8 Å². The molecule has 12 heteroatoms. The number of aliphatic carboxylic acids is 1. The Hall–Kier alpha value is -3.43. The maximum atomic E-state index is 12.7. The van der Waals surface area contributed by atoms with E-state index in [-0.39, 0.29) is 5.91 Å². The van der Waals surface area contributed by atoms with Crippen molar-refractivity contribution in [2.75, 3.05) is 32.8 Å². The fraction of sp³-hybridized carbons (Fsp3) is 0.429. The fourth-order valence-electron chi connectivity index (χ4n) is 3.60. The van der Waals surface area contributed by atoms with E-state index in [9.17, 15) is 18.0 Å². The molecule has 0 aliphatic carbocycles. The minimum atomic E-state index is -5.08. The van der Waals surface area contributed by atoms with Crippen LogP contribution in [0.2, 0.25) is 0 Å². The van der Waals surface area contributed by atoms with Crippen molar-refractivity contribution < 1.29 is 32.6 Å². The van der Waals surface area contributed by atoms with Gasteiger partial charge in [-0.15, -0.1) is 0 Å². The number of carboxylic acids is 1. The second-order valence-corrected chi connectivity index (χ2v) is 7.51. The second kappa shape index (κ2) is 10.5. The summed E-state index contributed by atoms with van der Waals surface area (Å²) in [4.78, 5) is 25.7. The first-order valence-corrected chi connectivity index (χ1v) is 10.1. The largest absolute Gasteiger partial charge is 0.490 e. The van der Waals surface area contributed by atoms with Crippen LogP contribution in [0.25, 0.3) is 0 Å². The van der Waals surface area contributed by atoms with E-state index >= 15 is 0 Å². The maximum Gasteiger partial charge on any atom is 0.490 e. The zero-order chi connectivity index (χ0) is 24.0. The van der Waals surface area contributed by atoms with Crippen LogP contribution in [-0.2, 0) is 29.0 Å². The first-order chi connectivity index (χ1) is 15.7. The standard InChI is InChI=1S/C19H21N5O2.C2HF3O2/c20-11-14-2-1-3-15(10-14)12-23-5-4-16-17(13-23)21-22-18(16)19(25)24-6-8-26-9-7-24;3-2(4,5)1(6)7/h1-3,10H,4-9,12-13H2,(H,21,22);(H,6,7). The number of morpholine rings is 1. The third kappa shape index (κ3) is 6.30. The zero-order valence-electron chi connectivity index (χ0n) is 17.6. The molecule has 1 aromatic heterocycles. The number of nitrogens with zero attached hydrogens (tertiary/aromatic N) is 4. The minimum Gasteiger partial charge on any atom is -0.475 e. The second-order valence-electron chi connectivity index (χ2n) is 7.51. The van der Waals surface area contributed by atoms with Gasteiger partial charge in [-0.05, 0) is 24.1 Å². The fourth-order valence-corrected chi connectivity index (χ4v) is 3.60. The van der Waals surface area contributed by atoms with Gasteiger partial charge in [-0.1, -0.05) is 12.1 Å². The van der Waals surface area contributed by atoms with Crippen LogP contribution in [-0.4, -0.2) is 76.0 Å². The number of H-pyrrole nitrogens is 1. The highest BCUT2D eigenvalue weighted by atomic mass is 19.4. The van der Waals surface area contributed by atoms with Crippen molar-refractivity contribution >= 4 is 11.9 Å². The van der Waals surface area contributed by atoms with Crippen molar-refractivity contribution in [2.45, 2.75) is 25.7 Å². The molecule has 4 rings (SSSR count). The number of carbonyl (C=O) groups is 2. The monoisotopic (exact) mass is 465 g/mol. The zero-order valence-corrected chi connectivity index (χ0v) is 17.6. The summed E-state index contributed by atoms with van der Waals surface area (Å²) in [7, 11) is 0. The average molecular weight is 465 g/mol. The van der Waals surface area contributed by atoms with Crippen molar-refractivity contribution in [3.05, 3.63) is 52.3 Å². The predicted molar refractivity (Wildman–Crippen MR) is 108 cm³/mol. The molecule has 1 aromatic carbocycles. The number of hydrogen-bond acceptors (Lipinski definition) is 6. The van der Waals surface area contributed by atoms with Crippen LogP contribution in [0.15, 0.2) is 24.3 Å². The van der Waals surface area contributed by atoms with Crippen LogP contribution in [0, 0.1) is 11.3 Å². The van der Waals surface area contributed by atoms with Gasteiger partial charge in [-0.25, -0.2) is 4.79 Å². The van der Waals surface area contributed by atoms with Crippen LogP contribution >= 0.6 is 0 Å². The van der Waals surface area contributed by atoms with Crippen molar-refractivity contribution in [3.63, 3.8) is 0 Å². The third-order valence-electron chi connectivity index (χ3n) is 5.22. The van der Waals surface area contributed by atoms with Crippen molar-refractivity contribution in [1.82, 2.24) is 20.0 Å². The van der Waals surface area contributed by atoms with Crippen molar-refractivity contribution in [3.8, 4) is 6.07 Å². The Balaban J connectivity index is 0.000000383. The number of halogens is 3. The molecule has 1 amide bonds. The normalized spacial score (nSPS) is 16.2. The summed E-state index contributed by atoms with van der Waals surface area (Å²) >= 11 is 0. The van der Waals surface area contributed by atoms with Gasteiger partial charge in [0, 0.05) is 38.3 Å². The molecule has 0 unspecified atom stereocenters. The number of hydrogen-bond donors (Lipinski definition) is 2. The van der Waals surface area contributed by atoms with E-state index in [1.165, 1.54) is 0 Å². The molecule has 2 aromatic rings. The highest BCUT2D eigenvalue weighted by Crippen LogP contribution is 2.23. The molecule has 176 valence electrons. The van der Waals surface area contributed by atoms with Gasteiger partial charge in [0.1, 0.15) is 0 Å². The smallest absolute Gasteiger partial charge is 0.475 e. The minimum absolute atomic E-state index is 0.000899. The molecule has 2 N–H and O–H groups in total. The topological polar surface area (TPSA) is 123 Å². The highest BCUT2D eigenvalue weighted by Gasteiger charge is 2.38. The Kier molecular flexibility index (Phi) is 7.67. The summed E-state index contributed by atoms with van der Waals surface area (Å²) in [5.41, 5.74) is 4.43. The van der Waals surface area contributed by atoms with E-state index in [1.54, 1.807) is 0 Å². The number of amides is 1. The quantitative estimate of drug-likeness (QED) is 0.710. The number of carboxylic acid groups (broad SMARTS) is 1. The molecule has 0 bridgehead atoms. The Labute approximate surface area is 187 Å². The lowest BCUT2D eigenvalue weighted by molar-refractivity contribution is -0.192. The molecule has 33 heavy (non-hydrogen) atoms. The molecular formula is C21H22F3N5O4. The van der Waals surface area contributed by atoms with E-state index in [4.69, 9.17) is 19.9 Å². The molecule has 3 heterocycles. The number of aromatic nitrogens is 2. The molecule has 0 radical (unpaired) electrons. The first-order valence-electron chi connectivity index (χ1n) is 10.1. The van der Waals surface area contributed by atoms with Crippen molar-refractivity contribution in [1.29, 1.82) is 5.26 Å². The van der Waals surface area contributed by atoms with Gasteiger partial charge >= 0.3 is 12.1 Å². The predicted octanol–water partition coefficient (Wildman–Crippen LogP) is 1.95. The molecule has 2 aliphatic rings. The van der Waals surface area contributed by atoms with E-state index in [1.807, 2.05) is 29.2 Å². The number of rotatable bonds is 3. The molecule has 0 spiro atoms. The number of nitrogens with one attached hydrogen (secondary N) is 1. The summed E-state index contributed by atoms with van der Waals surface area (Å²) in [5.74, 6) is -2.76. The number of carbonyl (C=O) groups excluding carboxylic acids is 1. The molecule has 9 nitrogen and oxygen atoms in total. The van der Waals surface area contributed by atoms with E-state index in [0.29, 0.717) is 37.6 Å². The molecule has 1 saturated heterocycles. The summed E-state index contributed by atoms with van der Waals surface area (Å²) in [6.07, 6.45) is -4.28. The Morgan fingerprint density at radius 3 is 2.58 bits per heavy atom. The highest BCUT2D eigenvalue weighted by molar-refractivity contribution is 5.94. The average Bonchev–Trinajstić information content (AvgIpc) is 3.22. The lowest BCUT2D eigenvalue weighted by Gasteiger charge is -2.28. The Bertz CT molecular complexity index is 1040. The summed E-state index contributed by atoms with van der Waals surface area (Å²) < 4.78 is 37.1.